The minimum atomic E-state index is -3.81. The molecule has 13 heteroatoms. The fourth-order valence-corrected chi connectivity index (χ4v) is 6.68. The van der Waals surface area contributed by atoms with Crippen molar-refractivity contribution in [2.45, 2.75) is 17.9 Å². The molecule has 4 heterocycles. The first-order valence-electron chi connectivity index (χ1n) is 13.2. The second-order valence-corrected chi connectivity index (χ2v) is 12.0. The Bertz CT molecular complexity index is 1950. The molecule has 0 radical (unpaired) electrons. The zero-order valence-electron chi connectivity index (χ0n) is 22.2. The van der Waals surface area contributed by atoms with Gasteiger partial charge in [0.1, 0.15) is 12.1 Å². The molecule has 12 nitrogen and oxygen atoms in total. The second-order valence-electron chi connectivity index (χ2n) is 10.0. The second kappa shape index (κ2) is 10.8. The summed E-state index contributed by atoms with van der Waals surface area (Å²) in [6, 6.07) is 14.1. The average molecular weight is 573 g/mol. The van der Waals surface area contributed by atoms with Crippen molar-refractivity contribution in [2.24, 2.45) is 0 Å². The maximum absolute atomic E-state index is 13.3. The van der Waals surface area contributed by atoms with Gasteiger partial charge in [0.05, 0.1) is 21.3 Å². The number of anilines is 1. The average Bonchev–Trinajstić information content (AvgIpc) is 2.97. The quantitative estimate of drug-likeness (QED) is 0.265. The Labute approximate surface area is 235 Å². The number of hydrogen-bond acceptors (Lipinski definition) is 9. The highest BCUT2D eigenvalue weighted by molar-refractivity contribution is 7.89. The summed E-state index contributed by atoms with van der Waals surface area (Å²) in [6.45, 7) is 4.52. The third-order valence-corrected chi connectivity index (χ3v) is 9.13. The van der Waals surface area contributed by atoms with Gasteiger partial charge in [-0.25, -0.2) is 23.2 Å². The first-order valence-corrected chi connectivity index (χ1v) is 14.6. The maximum Gasteiger partial charge on any atom is 0.326 e. The van der Waals surface area contributed by atoms with Gasteiger partial charge in [0.2, 0.25) is 10.0 Å². The van der Waals surface area contributed by atoms with E-state index in [0.29, 0.717) is 32.7 Å². The highest BCUT2D eigenvalue weighted by Crippen LogP contribution is 2.29. The van der Waals surface area contributed by atoms with Gasteiger partial charge < -0.3 is 10.3 Å². The van der Waals surface area contributed by atoms with Gasteiger partial charge in [-0.1, -0.05) is 18.2 Å². The lowest BCUT2D eigenvalue weighted by atomic mass is 10.0. The van der Waals surface area contributed by atoms with Crippen molar-refractivity contribution in [3.8, 4) is 11.1 Å². The van der Waals surface area contributed by atoms with Crippen LogP contribution in [-0.2, 0) is 10.0 Å². The van der Waals surface area contributed by atoms with E-state index in [2.05, 4.69) is 42.1 Å². The Morgan fingerprint density at radius 3 is 2.59 bits per heavy atom. The third-order valence-electron chi connectivity index (χ3n) is 7.23. The number of benzene rings is 2. The molecule has 1 aliphatic rings. The molecule has 0 spiro atoms. The highest BCUT2D eigenvalue weighted by Gasteiger charge is 2.29. The molecule has 210 valence electrons. The normalized spacial score (nSPS) is 15.7. The largest absolute Gasteiger partial charge is 0.366 e. The summed E-state index contributed by atoms with van der Waals surface area (Å²) in [4.78, 5) is 43.8. The predicted molar refractivity (Wildman–Crippen MR) is 156 cm³/mol. The molecular weight excluding hydrogens is 544 g/mol. The zero-order valence-corrected chi connectivity index (χ0v) is 23.1. The van der Waals surface area contributed by atoms with E-state index in [1.54, 1.807) is 12.5 Å². The lowest BCUT2D eigenvalue weighted by molar-refractivity contribution is 0.184. The van der Waals surface area contributed by atoms with Crippen molar-refractivity contribution in [1.29, 1.82) is 0 Å². The predicted octanol–water partition coefficient (Wildman–Crippen LogP) is 2.03. The number of piperazine rings is 1. The Morgan fingerprint density at radius 2 is 1.80 bits per heavy atom. The number of para-hydroxylation sites is 1. The summed E-state index contributed by atoms with van der Waals surface area (Å²) >= 11 is 0. The number of pyridine rings is 1. The van der Waals surface area contributed by atoms with Crippen molar-refractivity contribution in [1.82, 2.24) is 34.1 Å². The minimum absolute atomic E-state index is 0.0207. The number of rotatable bonds is 7. The van der Waals surface area contributed by atoms with Crippen LogP contribution in [0.2, 0.25) is 0 Å². The van der Waals surface area contributed by atoms with Gasteiger partial charge in [-0.2, -0.15) is 4.31 Å². The fourth-order valence-electron chi connectivity index (χ4n) is 5.23. The molecule has 1 fully saturated rings. The molecule has 3 aromatic heterocycles. The molecule has 41 heavy (non-hydrogen) atoms. The van der Waals surface area contributed by atoms with Crippen molar-refractivity contribution >= 4 is 37.6 Å². The lowest BCUT2D eigenvalue weighted by Crippen LogP contribution is -2.50. The Balaban J connectivity index is 1.12. The maximum atomic E-state index is 13.3. The van der Waals surface area contributed by atoms with Gasteiger partial charge in [0, 0.05) is 67.7 Å². The number of fused-ring (bicyclic) bond motifs is 2. The van der Waals surface area contributed by atoms with E-state index in [-0.39, 0.29) is 21.8 Å². The van der Waals surface area contributed by atoms with Gasteiger partial charge in [-0.05, 0) is 37.3 Å². The molecule has 3 N–H and O–H groups in total. The van der Waals surface area contributed by atoms with E-state index in [1.807, 2.05) is 36.5 Å². The molecule has 2 aromatic carbocycles. The first-order chi connectivity index (χ1) is 19.8. The van der Waals surface area contributed by atoms with Crippen LogP contribution in [-0.4, -0.2) is 81.3 Å². The molecule has 0 aliphatic carbocycles. The number of hydrogen-bond donors (Lipinski definition) is 3. The van der Waals surface area contributed by atoms with Crippen LogP contribution in [0.25, 0.3) is 32.9 Å². The topological polar surface area (TPSA) is 157 Å². The standard InChI is InChI=1S/C28H28N8O4S/c1-18(32-26-22-6-2-5-21(25(22)30-17-31-26)19-4-3-9-29-15-19)16-35-10-12-36(13-11-35)41(39,40)20-7-8-24-23(14-20)27(37)34-28(38)33-24/h2-9,14-15,17-18H,10-13,16H2,1H3,(H,30,31,32)(H2,33,34,37,38)/t18-/m0/s1. The van der Waals surface area contributed by atoms with Crippen molar-refractivity contribution < 1.29 is 8.42 Å². The molecule has 5 aromatic rings. The van der Waals surface area contributed by atoms with Crippen LogP contribution in [0.5, 0.6) is 0 Å². The van der Waals surface area contributed by atoms with Crippen LogP contribution in [0.1, 0.15) is 6.92 Å². The number of H-pyrrole nitrogens is 2. The van der Waals surface area contributed by atoms with Gasteiger partial charge in [-0.3, -0.25) is 19.7 Å². The van der Waals surface area contributed by atoms with Crippen LogP contribution < -0.4 is 16.6 Å². The molecular formula is C28H28N8O4S. The summed E-state index contributed by atoms with van der Waals surface area (Å²) in [5.74, 6) is 0.738. The van der Waals surface area contributed by atoms with Crippen molar-refractivity contribution in [3.05, 3.63) is 88.1 Å². The van der Waals surface area contributed by atoms with Crippen molar-refractivity contribution in [2.75, 3.05) is 38.0 Å². The van der Waals surface area contributed by atoms with Gasteiger partial charge in [0.25, 0.3) is 5.56 Å². The van der Waals surface area contributed by atoms with Crippen LogP contribution in [0.4, 0.5) is 5.82 Å². The van der Waals surface area contributed by atoms with Gasteiger partial charge in [-0.15, -0.1) is 0 Å². The Hall–Kier alpha value is -4.46. The molecule has 1 saturated heterocycles. The van der Waals surface area contributed by atoms with Crippen LogP contribution in [0, 0.1) is 0 Å². The van der Waals surface area contributed by atoms with Gasteiger partial charge in [0.15, 0.2) is 0 Å². The minimum Gasteiger partial charge on any atom is -0.366 e. The summed E-state index contributed by atoms with van der Waals surface area (Å²) in [5.41, 5.74) is 1.82. The summed E-state index contributed by atoms with van der Waals surface area (Å²) in [7, 11) is -3.81. The fraction of sp³-hybridized carbons (Fsp3) is 0.250. The smallest absolute Gasteiger partial charge is 0.326 e. The van der Waals surface area contributed by atoms with E-state index >= 15 is 0 Å². The van der Waals surface area contributed by atoms with E-state index in [9.17, 15) is 18.0 Å². The summed E-state index contributed by atoms with van der Waals surface area (Å²) in [6.07, 6.45) is 5.11. The zero-order chi connectivity index (χ0) is 28.6. The molecule has 0 saturated carbocycles. The molecule has 1 atom stereocenters. The number of nitrogens with zero attached hydrogens (tertiary/aromatic N) is 5. The Kier molecular flexibility index (Phi) is 7.07. The first kappa shape index (κ1) is 26.7. The third kappa shape index (κ3) is 5.34. The van der Waals surface area contributed by atoms with Crippen LogP contribution in [0.3, 0.4) is 0 Å². The van der Waals surface area contributed by atoms with E-state index in [1.165, 1.54) is 22.5 Å². The number of sulfonamides is 1. The van der Waals surface area contributed by atoms with E-state index in [0.717, 1.165) is 27.8 Å². The molecule has 0 amide bonds. The molecule has 0 bridgehead atoms. The molecule has 6 rings (SSSR count). The van der Waals surface area contributed by atoms with E-state index < -0.39 is 21.3 Å². The Morgan fingerprint density at radius 1 is 0.976 bits per heavy atom. The van der Waals surface area contributed by atoms with Gasteiger partial charge >= 0.3 is 5.69 Å². The number of aromatic nitrogens is 5. The SMILES string of the molecule is C[C@@H](CN1CCN(S(=O)(=O)c2ccc3[nH]c(=O)[nH]c(=O)c3c2)CC1)Nc1ncnc2c(-c3cccnc3)cccc12. The highest BCUT2D eigenvalue weighted by atomic mass is 32.2. The van der Waals surface area contributed by atoms with Crippen LogP contribution in [0.15, 0.2) is 81.7 Å². The lowest BCUT2D eigenvalue weighted by Gasteiger charge is -2.35. The summed E-state index contributed by atoms with van der Waals surface area (Å²) < 4.78 is 28.1. The monoisotopic (exact) mass is 572 g/mol. The van der Waals surface area contributed by atoms with E-state index in [4.69, 9.17) is 0 Å². The van der Waals surface area contributed by atoms with Crippen molar-refractivity contribution in [3.63, 3.8) is 0 Å². The van der Waals surface area contributed by atoms with Crippen LogP contribution >= 0.6 is 0 Å². The molecule has 0 unspecified atom stereocenters. The number of aromatic amines is 2. The molecule has 1 aliphatic heterocycles. The summed E-state index contributed by atoms with van der Waals surface area (Å²) in [5, 5.41) is 4.54. The number of nitrogens with one attached hydrogen (secondary N) is 3.